The van der Waals surface area contributed by atoms with Gasteiger partial charge >= 0.3 is 0 Å². The first-order valence-corrected chi connectivity index (χ1v) is 5.94. The van der Waals surface area contributed by atoms with Gasteiger partial charge in [-0.05, 0) is 43.3 Å². The molecule has 0 heterocycles. The van der Waals surface area contributed by atoms with Crippen LogP contribution < -0.4 is 4.90 Å². The van der Waals surface area contributed by atoms with Crippen molar-refractivity contribution in [3.8, 4) is 0 Å². The maximum Gasteiger partial charge on any atom is 0.155 e. The van der Waals surface area contributed by atoms with E-state index in [9.17, 15) is 13.6 Å². The summed E-state index contributed by atoms with van der Waals surface area (Å²) in [5.74, 6) is -0.900. The smallest absolute Gasteiger partial charge is 0.155 e. The van der Waals surface area contributed by atoms with Gasteiger partial charge in [0.05, 0.1) is 11.3 Å². The van der Waals surface area contributed by atoms with Crippen molar-refractivity contribution in [2.45, 2.75) is 6.92 Å². The minimum Gasteiger partial charge on any atom is -0.341 e. The highest BCUT2D eigenvalue weighted by Crippen LogP contribution is 2.29. The largest absolute Gasteiger partial charge is 0.341 e. The van der Waals surface area contributed by atoms with Gasteiger partial charge in [-0.25, -0.2) is 8.78 Å². The lowest BCUT2D eigenvalue weighted by atomic mass is 10.1. The molecular weight excluding hydrogens is 248 g/mol. The normalized spacial score (nSPS) is 10.3. The quantitative estimate of drug-likeness (QED) is 0.777. The molecule has 4 heteroatoms. The average Bonchev–Trinajstić information content (AvgIpc) is 2.42. The molecule has 2 rings (SSSR count). The van der Waals surface area contributed by atoms with E-state index in [-0.39, 0.29) is 11.4 Å². The zero-order chi connectivity index (χ0) is 13.8. The number of hydrogen-bond acceptors (Lipinski definition) is 2. The van der Waals surface area contributed by atoms with Gasteiger partial charge in [0.15, 0.2) is 6.29 Å². The van der Waals surface area contributed by atoms with Gasteiger partial charge in [0.1, 0.15) is 11.6 Å². The van der Waals surface area contributed by atoms with Crippen LogP contribution in [0.15, 0.2) is 42.5 Å². The lowest BCUT2D eigenvalue weighted by molar-refractivity contribution is 0.112. The predicted octanol–water partition coefficient (Wildman–Crippen LogP) is 3.94. The summed E-state index contributed by atoms with van der Waals surface area (Å²) in [5, 5.41) is 0. The number of carbonyl (C=O) groups is 1. The van der Waals surface area contributed by atoms with Gasteiger partial charge in [-0.2, -0.15) is 0 Å². The molecule has 0 bridgehead atoms. The van der Waals surface area contributed by atoms with E-state index < -0.39 is 5.82 Å². The Morgan fingerprint density at radius 2 is 1.79 bits per heavy atom. The van der Waals surface area contributed by atoms with E-state index in [1.165, 1.54) is 18.2 Å². The standard InChI is InChI=1S/C15H13F2NO/c1-2-18(12-8-6-11(16)7-9-12)15-5-3-4-14(17)13(15)10-19/h3-10H,2H2,1H3. The summed E-state index contributed by atoms with van der Waals surface area (Å²) in [5.41, 5.74) is 1.19. The highest BCUT2D eigenvalue weighted by Gasteiger charge is 2.14. The van der Waals surface area contributed by atoms with E-state index in [0.717, 1.165) is 0 Å². The summed E-state index contributed by atoms with van der Waals surface area (Å²) in [4.78, 5) is 12.8. The summed E-state index contributed by atoms with van der Waals surface area (Å²) in [7, 11) is 0. The second-order valence-corrected chi connectivity index (χ2v) is 4.01. The van der Waals surface area contributed by atoms with Crippen molar-refractivity contribution in [3.63, 3.8) is 0 Å². The van der Waals surface area contributed by atoms with Gasteiger partial charge < -0.3 is 4.90 Å². The maximum atomic E-state index is 13.6. The fraction of sp³-hybridized carbons (Fsp3) is 0.133. The predicted molar refractivity (Wildman–Crippen MR) is 70.9 cm³/mol. The van der Waals surface area contributed by atoms with Gasteiger partial charge in [-0.3, -0.25) is 4.79 Å². The SMILES string of the molecule is CCN(c1ccc(F)cc1)c1cccc(F)c1C=O. The number of benzene rings is 2. The van der Waals surface area contributed by atoms with E-state index >= 15 is 0 Å². The Morgan fingerprint density at radius 1 is 1.11 bits per heavy atom. The van der Waals surface area contributed by atoms with Crippen LogP contribution in [0.25, 0.3) is 0 Å². The van der Waals surface area contributed by atoms with E-state index in [0.29, 0.717) is 24.2 Å². The average molecular weight is 261 g/mol. The van der Waals surface area contributed by atoms with Crippen LogP contribution in [0.4, 0.5) is 20.2 Å². The molecule has 98 valence electrons. The fourth-order valence-corrected chi connectivity index (χ4v) is 1.99. The Balaban J connectivity index is 2.51. The second kappa shape index (κ2) is 5.61. The van der Waals surface area contributed by atoms with Crippen LogP contribution in [0.3, 0.4) is 0 Å². The molecule has 2 aromatic rings. The Bertz CT molecular complexity index is 581. The highest BCUT2D eigenvalue weighted by atomic mass is 19.1. The van der Waals surface area contributed by atoms with E-state index in [1.54, 1.807) is 29.2 Å². The van der Waals surface area contributed by atoms with Crippen LogP contribution in [0.2, 0.25) is 0 Å². The molecule has 0 unspecified atom stereocenters. The van der Waals surface area contributed by atoms with Crippen molar-refractivity contribution in [2.24, 2.45) is 0 Å². The molecule has 0 aliphatic carbocycles. The third-order valence-corrected chi connectivity index (χ3v) is 2.89. The minimum absolute atomic E-state index is 0.00803. The van der Waals surface area contributed by atoms with Gasteiger partial charge in [0.25, 0.3) is 0 Å². The molecule has 0 aliphatic heterocycles. The van der Waals surface area contributed by atoms with Crippen molar-refractivity contribution < 1.29 is 13.6 Å². The second-order valence-electron chi connectivity index (χ2n) is 4.01. The zero-order valence-corrected chi connectivity index (χ0v) is 10.4. The van der Waals surface area contributed by atoms with Crippen molar-refractivity contribution in [1.82, 2.24) is 0 Å². The lowest BCUT2D eigenvalue weighted by Crippen LogP contribution is -2.18. The van der Waals surface area contributed by atoms with Gasteiger partial charge in [-0.15, -0.1) is 0 Å². The molecule has 19 heavy (non-hydrogen) atoms. The third kappa shape index (κ3) is 2.62. The maximum absolute atomic E-state index is 13.6. The number of carbonyl (C=O) groups excluding carboxylic acids is 1. The summed E-state index contributed by atoms with van der Waals surface area (Å²) < 4.78 is 26.5. The number of hydrogen-bond donors (Lipinski definition) is 0. The number of anilines is 2. The minimum atomic E-state index is -0.562. The van der Waals surface area contributed by atoms with Crippen LogP contribution in [0.1, 0.15) is 17.3 Å². The highest BCUT2D eigenvalue weighted by molar-refractivity contribution is 5.87. The van der Waals surface area contributed by atoms with Crippen molar-refractivity contribution >= 4 is 17.7 Å². The lowest BCUT2D eigenvalue weighted by Gasteiger charge is -2.24. The first kappa shape index (κ1) is 13.2. The summed E-state index contributed by atoms with van der Waals surface area (Å²) in [6, 6.07) is 10.3. The van der Waals surface area contributed by atoms with Gasteiger partial charge in [-0.1, -0.05) is 6.07 Å². The van der Waals surface area contributed by atoms with Crippen molar-refractivity contribution in [1.29, 1.82) is 0 Å². The number of aldehydes is 1. The first-order chi connectivity index (χ1) is 9.17. The summed E-state index contributed by atoms with van der Waals surface area (Å²) >= 11 is 0. The molecule has 0 saturated carbocycles. The fourth-order valence-electron chi connectivity index (χ4n) is 1.99. The third-order valence-electron chi connectivity index (χ3n) is 2.89. The Hall–Kier alpha value is -2.23. The van der Waals surface area contributed by atoms with E-state index in [4.69, 9.17) is 0 Å². The van der Waals surface area contributed by atoms with Gasteiger partial charge in [0.2, 0.25) is 0 Å². The summed E-state index contributed by atoms with van der Waals surface area (Å²) in [6.07, 6.45) is 0.497. The summed E-state index contributed by atoms with van der Waals surface area (Å²) in [6.45, 7) is 2.42. The molecule has 0 fully saturated rings. The first-order valence-electron chi connectivity index (χ1n) is 5.94. The molecule has 0 spiro atoms. The Morgan fingerprint density at radius 3 is 2.37 bits per heavy atom. The molecule has 0 radical (unpaired) electrons. The van der Waals surface area contributed by atoms with E-state index in [1.807, 2.05) is 6.92 Å². The van der Waals surface area contributed by atoms with Crippen LogP contribution >= 0.6 is 0 Å². The molecule has 0 amide bonds. The van der Waals surface area contributed by atoms with Crippen LogP contribution in [-0.4, -0.2) is 12.8 Å². The number of rotatable bonds is 4. The molecular formula is C15H13F2NO. The van der Waals surface area contributed by atoms with Crippen molar-refractivity contribution in [3.05, 3.63) is 59.7 Å². The zero-order valence-electron chi connectivity index (χ0n) is 10.4. The van der Waals surface area contributed by atoms with Crippen LogP contribution in [0, 0.1) is 11.6 Å². The monoisotopic (exact) mass is 261 g/mol. The van der Waals surface area contributed by atoms with Crippen LogP contribution in [0.5, 0.6) is 0 Å². The van der Waals surface area contributed by atoms with Crippen molar-refractivity contribution in [2.75, 3.05) is 11.4 Å². The molecule has 0 N–H and O–H groups in total. The number of halogens is 2. The van der Waals surface area contributed by atoms with E-state index in [2.05, 4.69) is 0 Å². The Labute approximate surface area is 110 Å². The molecule has 2 aromatic carbocycles. The topological polar surface area (TPSA) is 20.3 Å². The number of nitrogens with zero attached hydrogens (tertiary/aromatic N) is 1. The Kier molecular flexibility index (Phi) is 3.90. The molecule has 0 aliphatic rings. The molecule has 0 saturated heterocycles. The van der Waals surface area contributed by atoms with Gasteiger partial charge in [0, 0.05) is 12.2 Å². The molecule has 0 aromatic heterocycles. The molecule has 2 nitrogen and oxygen atoms in total. The molecule has 0 atom stereocenters. The van der Waals surface area contributed by atoms with Crippen LogP contribution in [-0.2, 0) is 0 Å².